The summed E-state index contributed by atoms with van der Waals surface area (Å²) < 4.78 is 24.2. The van der Waals surface area contributed by atoms with E-state index in [2.05, 4.69) is 10.5 Å². The lowest BCUT2D eigenvalue weighted by molar-refractivity contribution is -0.126. The fraction of sp³-hybridized carbons (Fsp3) is 0.192. The summed E-state index contributed by atoms with van der Waals surface area (Å²) in [6.45, 7) is 0.582. The average molecular weight is 461 g/mol. The number of hydrogen-bond acceptors (Lipinski definition) is 5. The van der Waals surface area contributed by atoms with Crippen molar-refractivity contribution in [2.24, 2.45) is 11.0 Å². The standard InChI is InChI=1S/C26H24FN3O4/c1-33-24-13-19(9-12-23(24)34-17-18-7-10-21(27)11-8-18)15-28-29-26(32)20-14-25(31)30(16-20)22-5-3-2-4-6-22/h2-13,15,20H,14,16-17H2,1H3,(H,29,32)/b28-15-/t20-/m0/s1. The molecule has 1 aliphatic heterocycles. The van der Waals surface area contributed by atoms with Gasteiger partial charge in [0.05, 0.1) is 19.2 Å². The second kappa shape index (κ2) is 10.6. The molecular formula is C26H24FN3O4. The molecule has 1 fully saturated rings. The van der Waals surface area contributed by atoms with Crippen molar-refractivity contribution in [2.75, 3.05) is 18.6 Å². The minimum Gasteiger partial charge on any atom is -0.493 e. The maximum atomic E-state index is 13.0. The topological polar surface area (TPSA) is 80.2 Å². The number of nitrogens with one attached hydrogen (secondary N) is 1. The van der Waals surface area contributed by atoms with Gasteiger partial charge in [-0.2, -0.15) is 5.10 Å². The molecule has 1 heterocycles. The number of anilines is 1. The maximum absolute atomic E-state index is 13.0. The van der Waals surface area contributed by atoms with Crippen molar-refractivity contribution in [1.29, 1.82) is 0 Å². The summed E-state index contributed by atoms with van der Waals surface area (Å²) in [6, 6.07) is 20.6. The minimum absolute atomic E-state index is 0.0868. The largest absolute Gasteiger partial charge is 0.493 e. The van der Waals surface area contributed by atoms with Crippen molar-refractivity contribution in [3.8, 4) is 11.5 Å². The van der Waals surface area contributed by atoms with Crippen LogP contribution in [0.5, 0.6) is 11.5 Å². The molecule has 0 radical (unpaired) electrons. The molecule has 0 bridgehead atoms. The summed E-state index contributed by atoms with van der Waals surface area (Å²) in [7, 11) is 1.53. The molecule has 1 aliphatic rings. The van der Waals surface area contributed by atoms with Gasteiger partial charge in [0, 0.05) is 18.7 Å². The number of halogens is 1. The Morgan fingerprint density at radius 1 is 1.12 bits per heavy atom. The highest BCUT2D eigenvalue weighted by Crippen LogP contribution is 2.28. The van der Waals surface area contributed by atoms with E-state index in [4.69, 9.17) is 9.47 Å². The number of methoxy groups -OCH3 is 1. The lowest BCUT2D eigenvalue weighted by Gasteiger charge is -2.16. The smallest absolute Gasteiger partial charge is 0.245 e. The number of amides is 2. The van der Waals surface area contributed by atoms with E-state index in [1.54, 1.807) is 35.2 Å². The van der Waals surface area contributed by atoms with Crippen LogP contribution in [-0.2, 0) is 16.2 Å². The molecule has 0 unspecified atom stereocenters. The molecule has 34 heavy (non-hydrogen) atoms. The van der Waals surface area contributed by atoms with Gasteiger partial charge in [-0.1, -0.05) is 30.3 Å². The molecule has 4 rings (SSSR count). The van der Waals surface area contributed by atoms with E-state index in [9.17, 15) is 14.0 Å². The van der Waals surface area contributed by atoms with E-state index in [1.165, 1.54) is 25.5 Å². The molecule has 7 nitrogen and oxygen atoms in total. The van der Waals surface area contributed by atoms with Gasteiger partial charge >= 0.3 is 0 Å². The predicted octanol–water partition coefficient (Wildman–Crippen LogP) is 3.92. The first-order valence-electron chi connectivity index (χ1n) is 10.8. The summed E-state index contributed by atoms with van der Waals surface area (Å²) in [5.74, 6) is -0.145. The molecule has 1 saturated heterocycles. The number of carbonyl (C=O) groups is 2. The minimum atomic E-state index is -0.471. The van der Waals surface area contributed by atoms with Crippen molar-refractivity contribution in [2.45, 2.75) is 13.0 Å². The second-order valence-electron chi connectivity index (χ2n) is 7.80. The fourth-order valence-corrected chi connectivity index (χ4v) is 3.63. The summed E-state index contributed by atoms with van der Waals surface area (Å²) in [5.41, 5.74) is 4.82. The third kappa shape index (κ3) is 5.58. The first-order valence-corrected chi connectivity index (χ1v) is 10.8. The summed E-state index contributed by atoms with van der Waals surface area (Å²) in [4.78, 5) is 26.4. The van der Waals surface area contributed by atoms with Gasteiger partial charge in [0.2, 0.25) is 11.8 Å². The lowest BCUT2D eigenvalue weighted by atomic mass is 10.1. The van der Waals surface area contributed by atoms with Gasteiger partial charge in [-0.3, -0.25) is 9.59 Å². The number of para-hydroxylation sites is 1. The van der Waals surface area contributed by atoms with Gasteiger partial charge in [0.25, 0.3) is 0 Å². The van der Waals surface area contributed by atoms with E-state index in [1.807, 2.05) is 30.3 Å². The second-order valence-corrected chi connectivity index (χ2v) is 7.80. The summed E-state index contributed by atoms with van der Waals surface area (Å²) in [6.07, 6.45) is 1.64. The normalized spacial score (nSPS) is 15.5. The van der Waals surface area contributed by atoms with Crippen LogP contribution in [0, 0.1) is 11.7 Å². The highest BCUT2D eigenvalue weighted by Gasteiger charge is 2.35. The van der Waals surface area contributed by atoms with Crippen LogP contribution in [0.25, 0.3) is 0 Å². The van der Waals surface area contributed by atoms with Crippen molar-refractivity contribution in [1.82, 2.24) is 5.43 Å². The Hall–Kier alpha value is -4.20. The van der Waals surface area contributed by atoms with E-state index < -0.39 is 5.92 Å². The molecule has 0 saturated carbocycles. The van der Waals surface area contributed by atoms with E-state index in [-0.39, 0.29) is 30.7 Å². The summed E-state index contributed by atoms with van der Waals surface area (Å²) in [5, 5.41) is 4.03. The molecule has 3 aromatic carbocycles. The van der Waals surface area contributed by atoms with Crippen LogP contribution < -0.4 is 19.8 Å². The molecular weight excluding hydrogens is 437 g/mol. The number of rotatable bonds is 8. The molecule has 1 atom stereocenters. The van der Waals surface area contributed by atoms with E-state index in [0.717, 1.165) is 11.3 Å². The van der Waals surface area contributed by atoms with Gasteiger partial charge in [0.15, 0.2) is 11.5 Å². The third-order valence-electron chi connectivity index (χ3n) is 5.45. The van der Waals surface area contributed by atoms with E-state index >= 15 is 0 Å². The van der Waals surface area contributed by atoms with Crippen LogP contribution in [0.2, 0.25) is 0 Å². The first-order chi connectivity index (χ1) is 16.5. The number of nitrogens with zero attached hydrogens (tertiary/aromatic N) is 2. The number of carbonyl (C=O) groups excluding carboxylic acids is 2. The molecule has 174 valence electrons. The Morgan fingerprint density at radius 2 is 1.88 bits per heavy atom. The number of hydrazone groups is 1. The van der Waals surface area contributed by atoms with Crippen molar-refractivity contribution < 1.29 is 23.5 Å². The van der Waals surface area contributed by atoms with Crippen LogP contribution in [0.3, 0.4) is 0 Å². The van der Waals surface area contributed by atoms with Gasteiger partial charge < -0.3 is 14.4 Å². The van der Waals surface area contributed by atoms with Crippen LogP contribution in [0.4, 0.5) is 10.1 Å². The van der Waals surface area contributed by atoms with Crippen LogP contribution in [0.15, 0.2) is 77.9 Å². The van der Waals surface area contributed by atoms with Crippen molar-refractivity contribution in [3.63, 3.8) is 0 Å². The molecule has 2 amide bonds. The number of ether oxygens (including phenoxy) is 2. The Kier molecular flexibility index (Phi) is 7.17. The third-order valence-corrected chi connectivity index (χ3v) is 5.45. The van der Waals surface area contributed by atoms with Crippen LogP contribution in [-0.4, -0.2) is 31.7 Å². The number of hydrogen-bond donors (Lipinski definition) is 1. The monoisotopic (exact) mass is 461 g/mol. The molecule has 0 aromatic heterocycles. The maximum Gasteiger partial charge on any atom is 0.245 e. The zero-order chi connectivity index (χ0) is 23.9. The molecule has 8 heteroatoms. The molecule has 0 spiro atoms. The van der Waals surface area contributed by atoms with Crippen LogP contribution >= 0.6 is 0 Å². The molecule has 3 aromatic rings. The fourth-order valence-electron chi connectivity index (χ4n) is 3.63. The predicted molar refractivity (Wildman–Crippen MR) is 126 cm³/mol. The highest BCUT2D eigenvalue weighted by atomic mass is 19.1. The SMILES string of the molecule is COc1cc(/C=N\NC(=O)[C@H]2CC(=O)N(c3ccccc3)C2)ccc1OCc1ccc(F)cc1. The van der Waals surface area contributed by atoms with E-state index in [0.29, 0.717) is 23.6 Å². The Bertz CT molecular complexity index is 1180. The average Bonchev–Trinajstić information content (AvgIpc) is 3.26. The molecule has 1 N–H and O–H groups in total. The Balaban J connectivity index is 1.33. The van der Waals surface area contributed by atoms with Crippen LogP contribution in [0.1, 0.15) is 17.5 Å². The number of benzene rings is 3. The van der Waals surface area contributed by atoms with Gasteiger partial charge in [-0.05, 0) is 53.6 Å². The Morgan fingerprint density at radius 3 is 2.62 bits per heavy atom. The van der Waals surface area contributed by atoms with Gasteiger partial charge in [-0.15, -0.1) is 0 Å². The highest BCUT2D eigenvalue weighted by molar-refractivity contribution is 6.00. The first kappa shape index (κ1) is 23.0. The van der Waals surface area contributed by atoms with Crippen molar-refractivity contribution in [3.05, 3.63) is 89.7 Å². The summed E-state index contributed by atoms with van der Waals surface area (Å²) >= 11 is 0. The molecule has 0 aliphatic carbocycles. The zero-order valence-corrected chi connectivity index (χ0v) is 18.6. The van der Waals surface area contributed by atoms with Gasteiger partial charge in [-0.25, -0.2) is 9.82 Å². The lowest BCUT2D eigenvalue weighted by Crippen LogP contribution is -2.30. The van der Waals surface area contributed by atoms with Crippen molar-refractivity contribution >= 4 is 23.7 Å². The zero-order valence-electron chi connectivity index (χ0n) is 18.6. The Labute approximate surface area is 196 Å². The quantitative estimate of drug-likeness (QED) is 0.407. The van der Waals surface area contributed by atoms with Gasteiger partial charge in [0.1, 0.15) is 12.4 Å².